The summed E-state index contributed by atoms with van der Waals surface area (Å²) < 4.78 is 11.3. The summed E-state index contributed by atoms with van der Waals surface area (Å²) >= 11 is 0. The molecular weight excluding hydrogens is 280 g/mol. The molecule has 0 atom stereocenters. The lowest BCUT2D eigenvalue weighted by molar-refractivity contribution is -0.136. The van der Waals surface area contributed by atoms with E-state index in [1.807, 2.05) is 48.5 Å². The summed E-state index contributed by atoms with van der Waals surface area (Å²) in [6, 6.07) is 15.4. The second kappa shape index (κ2) is 6.35. The van der Waals surface area contributed by atoms with E-state index in [4.69, 9.17) is 14.3 Å². The van der Waals surface area contributed by atoms with Gasteiger partial charge in [-0.3, -0.25) is 4.79 Å². The molecule has 112 valence electrons. The minimum absolute atomic E-state index is 0.137. The Labute approximate surface area is 127 Å². The molecule has 0 aliphatic rings. The molecule has 0 unspecified atom stereocenters. The van der Waals surface area contributed by atoms with E-state index >= 15 is 0 Å². The first-order chi connectivity index (χ1) is 10.7. The largest absolute Gasteiger partial charge is 0.486 e. The topological polar surface area (TPSA) is 59.7 Å². The summed E-state index contributed by atoms with van der Waals surface area (Å²) in [5.41, 5.74) is 0.984. The van der Waals surface area contributed by atoms with Crippen LogP contribution in [0.3, 0.4) is 0 Å². The highest BCUT2D eigenvalue weighted by Crippen LogP contribution is 2.22. The molecule has 22 heavy (non-hydrogen) atoms. The molecule has 1 N–H and O–H groups in total. The number of furan rings is 1. The van der Waals surface area contributed by atoms with Crippen molar-refractivity contribution in [3.05, 3.63) is 66.1 Å². The van der Waals surface area contributed by atoms with Crippen LogP contribution in [0.4, 0.5) is 0 Å². The Bertz CT molecular complexity index is 771. The van der Waals surface area contributed by atoms with Gasteiger partial charge < -0.3 is 14.3 Å². The molecule has 1 aromatic heterocycles. The molecule has 0 saturated carbocycles. The first-order valence-electron chi connectivity index (χ1n) is 7.11. The third kappa shape index (κ3) is 3.28. The van der Waals surface area contributed by atoms with Crippen molar-refractivity contribution in [2.75, 3.05) is 0 Å². The normalized spacial score (nSPS) is 10.7. The molecule has 1 heterocycles. The van der Waals surface area contributed by atoms with Crippen LogP contribution in [0.1, 0.15) is 17.7 Å². The Morgan fingerprint density at radius 3 is 2.64 bits per heavy atom. The van der Waals surface area contributed by atoms with Gasteiger partial charge in [0.25, 0.3) is 0 Å². The van der Waals surface area contributed by atoms with Gasteiger partial charge in [-0.2, -0.15) is 0 Å². The Hall–Kier alpha value is -2.75. The minimum atomic E-state index is -0.787. The van der Waals surface area contributed by atoms with Crippen molar-refractivity contribution in [3.63, 3.8) is 0 Å². The van der Waals surface area contributed by atoms with Crippen molar-refractivity contribution in [3.8, 4) is 5.75 Å². The van der Waals surface area contributed by atoms with Gasteiger partial charge in [0, 0.05) is 17.2 Å². The summed E-state index contributed by atoms with van der Waals surface area (Å²) in [5.74, 6) is 0.745. The van der Waals surface area contributed by atoms with Crippen molar-refractivity contribution in [1.29, 1.82) is 0 Å². The van der Waals surface area contributed by atoms with Gasteiger partial charge in [-0.15, -0.1) is 0 Å². The minimum Gasteiger partial charge on any atom is -0.486 e. The van der Waals surface area contributed by atoms with Crippen LogP contribution in [0.2, 0.25) is 0 Å². The lowest BCUT2D eigenvalue weighted by Gasteiger charge is -2.06. The molecule has 4 heteroatoms. The summed E-state index contributed by atoms with van der Waals surface area (Å²) in [5, 5.41) is 10.8. The number of carboxylic acid groups (broad SMARTS) is 1. The molecule has 0 fully saturated rings. The van der Waals surface area contributed by atoms with Gasteiger partial charge in [-0.05, 0) is 24.1 Å². The first-order valence-corrected chi connectivity index (χ1v) is 7.11. The van der Waals surface area contributed by atoms with E-state index in [0.717, 1.165) is 27.8 Å². The highest BCUT2D eigenvalue weighted by atomic mass is 16.5. The molecule has 2 aromatic carbocycles. The monoisotopic (exact) mass is 296 g/mol. The average molecular weight is 296 g/mol. The molecule has 0 saturated heterocycles. The van der Waals surface area contributed by atoms with Crippen LogP contribution in [0, 0.1) is 0 Å². The number of carbonyl (C=O) groups is 1. The first kappa shape index (κ1) is 14.2. The predicted molar refractivity (Wildman–Crippen MR) is 82.9 cm³/mol. The number of hydrogen-bond acceptors (Lipinski definition) is 3. The molecule has 0 aliphatic heterocycles. The van der Waals surface area contributed by atoms with Gasteiger partial charge in [0.05, 0.1) is 6.26 Å². The second-order valence-corrected chi connectivity index (χ2v) is 5.07. The van der Waals surface area contributed by atoms with E-state index in [-0.39, 0.29) is 6.42 Å². The smallest absolute Gasteiger partial charge is 0.303 e. The summed E-state index contributed by atoms with van der Waals surface area (Å²) in [6.45, 7) is 0.363. The number of fused-ring (bicyclic) bond motifs is 1. The third-order valence-electron chi connectivity index (χ3n) is 3.51. The van der Waals surface area contributed by atoms with Crippen molar-refractivity contribution in [2.24, 2.45) is 0 Å². The van der Waals surface area contributed by atoms with E-state index in [1.54, 1.807) is 6.26 Å². The number of ether oxygens (including phenoxy) is 1. The lowest BCUT2D eigenvalue weighted by Crippen LogP contribution is -1.98. The van der Waals surface area contributed by atoms with Crippen LogP contribution < -0.4 is 4.74 Å². The fourth-order valence-electron chi connectivity index (χ4n) is 2.32. The maximum absolute atomic E-state index is 10.5. The third-order valence-corrected chi connectivity index (χ3v) is 3.51. The van der Waals surface area contributed by atoms with Crippen LogP contribution in [-0.4, -0.2) is 11.1 Å². The maximum atomic E-state index is 10.5. The number of rotatable bonds is 6. The Morgan fingerprint density at radius 1 is 1.09 bits per heavy atom. The Balaban J connectivity index is 1.63. The number of aryl methyl sites for hydroxylation is 1. The zero-order valence-corrected chi connectivity index (χ0v) is 12.0. The molecule has 4 nitrogen and oxygen atoms in total. The van der Waals surface area contributed by atoms with Gasteiger partial charge in [0.2, 0.25) is 0 Å². The van der Waals surface area contributed by atoms with Crippen LogP contribution in [0.5, 0.6) is 5.75 Å². The fraction of sp³-hybridized carbons (Fsp3) is 0.167. The van der Waals surface area contributed by atoms with Crippen molar-refractivity contribution >= 4 is 16.7 Å². The molecular formula is C18H16O4. The molecule has 0 amide bonds. The van der Waals surface area contributed by atoms with Crippen LogP contribution in [0.25, 0.3) is 10.8 Å². The van der Waals surface area contributed by atoms with E-state index in [0.29, 0.717) is 13.0 Å². The van der Waals surface area contributed by atoms with Crippen molar-refractivity contribution in [2.45, 2.75) is 19.4 Å². The summed E-state index contributed by atoms with van der Waals surface area (Å²) in [6.07, 6.45) is 2.39. The van der Waals surface area contributed by atoms with Crippen molar-refractivity contribution < 1.29 is 19.1 Å². The van der Waals surface area contributed by atoms with Crippen LogP contribution in [-0.2, 0) is 17.8 Å². The fourth-order valence-corrected chi connectivity index (χ4v) is 2.32. The van der Waals surface area contributed by atoms with E-state index in [2.05, 4.69) is 0 Å². The quantitative estimate of drug-likeness (QED) is 0.746. The zero-order chi connectivity index (χ0) is 15.4. The second-order valence-electron chi connectivity index (χ2n) is 5.07. The molecule has 0 radical (unpaired) electrons. The SMILES string of the molecule is O=C(O)CCc1ccc(OCc2occ3ccccc23)cc1. The maximum Gasteiger partial charge on any atom is 0.303 e. The number of aliphatic carboxylic acids is 1. The van der Waals surface area contributed by atoms with Gasteiger partial charge in [-0.25, -0.2) is 0 Å². The molecule has 0 spiro atoms. The Morgan fingerprint density at radius 2 is 1.86 bits per heavy atom. The molecule has 0 bridgehead atoms. The average Bonchev–Trinajstić information content (AvgIpc) is 2.95. The molecule has 3 aromatic rings. The van der Waals surface area contributed by atoms with Crippen LogP contribution in [0.15, 0.2) is 59.2 Å². The zero-order valence-electron chi connectivity index (χ0n) is 12.0. The number of benzene rings is 2. The van der Waals surface area contributed by atoms with E-state index in [1.165, 1.54) is 0 Å². The predicted octanol–water partition coefficient (Wildman–Crippen LogP) is 4.03. The highest BCUT2D eigenvalue weighted by Gasteiger charge is 2.06. The van der Waals surface area contributed by atoms with Gasteiger partial charge >= 0.3 is 5.97 Å². The highest BCUT2D eigenvalue weighted by molar-refractivity contribution is 5.83. The number of hydrogen-bond donors (Lipinski definition) is 1. The summed E-state index contributed by atoms with van der Waals surface area (Å²) in [4.78, 5) is 10.5. The standard InChI is InChI=1S/C18H16O4/c19-18(20)10-7-13-5-8-15(9-6-13)21-12-17-16-4-2-1-3-14(16)11-22-17/h1-6,8-9,11H,7,10,12H2,(H,19,20). The summed E-state index contributed by atoms with van der Waals surface area (Å²) in [7, 11) is 0. The molecule has 0 aliphatic carbocycles. The lowest BCUT2D eigenvalue weighted by atomic mass is 10.1. The van der Waals surface area contributed by atoms with Gasteiger partial charge in [0.15, 0.2) is 0 Å². The van der Waals surface area contributed by atoms with Crippen molar-refractivity contribution in [1.82, 2.24) is 0 Å². The van der Waals surface area contributed by atoms with Crippen LogP contribution >= 0.6 is 0 Å². The Kier molecular flexibility index (Phi) is 4.10. The van der Waals surface area contributed by atoms with E-state index < -0.39 is 5.97 Å². The van der Waals surface area contributed by atoms with E-state index in [9.17, 15) is 4.79 Å². The molecule has 3 rings (SSSR count). The van der Waals surface area contributed by atoms with Gasteiger partial charge in [0.1, 0.15) is 18.1 Å². The number of carboxylic acids is 1. The van der Waals surface area contributed by atoms with Gasteiger partial charge in [-0.1, -0.05) is 36.4 Å².